The summed E-state index contributed by atoms with van der Waals surface area (Å²) in [4.78, 5) is 10.5. The molecular formula is C11H11NO3. The molecule has 0 unspecified atom stereocenters. The van der Waals surface area contributed by atoms with E-state index in [0.717, 1.165) is 0 Å². The molecule has 0 radical (unpaired) electrons. The summed E-state index contributed by atoms with van der Waals surface area (Å²) in [5, 5.41) is 26.5. The van der Waals surface area contributed by atoms with Gasteiger partial charge >= 0.3 is 5.97 Å². The zero-order valence-corrected chi connectivity index (χ0v) is 8.32. The first-order valence-corrected chi connectivity index (χ1v) is 4.44. The average molecular weight is 205 g/mol. The van der Waals surface area contributed by atoms with Gasteiger partial charge in [-0.2, -0.15) is 5.26 Å². The molecule has 78 valence electrons. The molecule has 1 aromatic rings. The molecule has 0 heterocycles. The van der Waals surface area contributed by atoms with E-state index >= 15 is 0 Å². The van der Waals surface area contributed by atoms with Crippen LogP contribution in [0.5, 0.6) is 0 Å². The van der Waals surface area contributed by atoms with Gasteiger partial charge in [-0.25, -0.2) is 0 Å². The normalized spacial score (nSPS) is 9.67. The van der Waals surface area contributed by atoms with Crippen molar-refractivity contribution in [2.24, 2.45) is 0 Å². The van der Waals surface area contributed by atoms with Crippen LogP contribution in [-0.2, 0) is 17.8 Å². The van der Waals surface area contributed by atoms with Crippen LogP contribution in [0.1, 0.15) is 22.3 Å². The summed E-state index contributed by atoms with van der Waals surface area (Å²) in [5.41, 5.74) is 2.21. The number of nitriles is 1. The van der Waals surface area contributed by atoms with Gasteiger partial charge in [0.1, 0.15) is 0 Å². The number of aliphatic hydroxyl groups is 1. The van der Waals surface area contributed by atoms with Crippen LogP contribution in [0.4, 0.5) is 0 Å². The molecule has 0 aliphatic carbocycles. The van der Waals surface area contributed by atoms with E-state index in [2.05, 4.69) is 0 Å². The lowest BCUT2D eigenvalue weighted by atomic mass is 9.96. The van der Waals surface area contributed by atoms with Crippen molar-refractivity contribution in [1.29, 1.82) is 5.26 Å². The monoisotopic (exact) mass is 205 g/mol. The summed E-state index contributed by atoms with van der Waals surface area (Å²) in [6.45, 7) is 1.47. The van der Waals surface area contributed by atoms with Crippen LogP contribution >= 0.6 is 0 Å². The highest BCUT2D eigenvalue weighted by Crippen LogP contribution is 2.18. The minimum atomic E-state index is -0.924. The third-order valence-electron chi connectivity index (χ3n) is 2.33. The zero-order valence-electron chi connectivity index (χ0n) is 8.32. The number of nitrogens with zero attached hydrogens (tertiary/aromatic N) is 1. The molecule has 0 fully saturated rings. The van der Waals surface area contributed by atoms with Crippen molar-refractivity contribution in [3.8, 4) is 6.07 Å². The standard InChI is InChI=1S/C11H11NO3/c1-7-8(4-11(14)15)2-3-9(5-12)10(7)6-13/h2-3,13H,4,6H2,1H3,(H,14,15). The predicted molar refractivity (Wildman–Crippen MR) is 53.2 cm³/mol. The van der Waals surface area contributed by atoms with Crippen LogP contribution in [0.2, 0.25) is 0 Å². The van der Waals surface area contributed by atoms with E-state index in [-0.39, 0.29) is 13.0 Å². The Bertz CT molecular complexity index is 432. The molecule has 0 spiro atoms. The minimum Gasteiger partial charge on any atom is -0.481 e. The van der Waals surface area contributed by atoms with Crippen molar-refractivity contribution in [1.82, 2.24) is 0 Å². The Hall–Kier alpha value is -1.86. The molecule has 15 heavy (non-hydrogen) atoms. The highest BCUT2D eigenvalue weighted by molar-refractivity contribution is 5.71. The van der Waals surface area contributed by atoms with Gasteiger partial charge in [-0.3, -0.25) is 4.79 Å². The Labute approximate surface area is 87.4 Å². The van der Waals surface area contributed by atoms with Gasteiger partial charge in [0.05, 0.1) is 24.7 Å². The topological polar surface area (TPSA) is 81.3 Å². The molecule has 1 rings (SSSR count). The molecule has 4 heteroatoms. The van der Waals surface area contributed by atoms with Crippen molar-refractivity contribution in [2.75, 3.05) is 0 Å². The van der Waals surface area contributed by atoms with E-state index in [1.807, 2.05) is 6.07 Å². The number of rotatable bonds is 3. The van der Waals surface area contributed by atoms with E-state index in [1.54, 1.807) is 13.0 Å². The molecule has 2 N–H and O–H groups in total. The van der Waals surface area contributed by atoms with Gasteiger partial charge in [-0.05, 0) is 29.7 Å². The molecule has 1 aromatic carbocycles. The van der Waals surface area contributed by atoms with Gasteiger partial charge in [-0.15, -0.1) is 0 Å². The Kier molecular flexibility index (Phi) is 3.42. The van der Waals surface area contributed by atoms with Crippen molar-refractivity contribution >= 4 is 5.97 Å². The fraction of sp³-hybridized carbons (Fsp3) is 0.273. The number of carboxylic acids is 1. The van der Waals surface area contributed by atoms with E-state index in [4.69, 9.17) is 15.5 Å². The van der Waals surface area contributed by atoms with Gasteiger partial charge in [0.2, 0.25) is 0 Å². The highest BCUT2D eigenvalue weighted by Gasteiger charge is 2.10. The fourth-order valence-corrected chi connectivity index (χ4v) is 1.47. The first-order chi connectivity index (χ1) is 7.10. The number of aliphatic carboxylic acids is 1. The van der Waals surface area contributed by atoms with Crippen LogP contribution in [0.15, 0.2) is 12.1 Å². The number of aliphatic hydroxyl groups excluding tert-OH is 1. The molecule has 0 saturated heterocycles. The SMILES string of the molecule is Cc1c(CC(=O)O)ccc(C#N)c1CO. The lowest BCUT2D eigenvalue weighted by Gasteiger charge is -2.09. The number of carbonyl (C=O) groups is 1. The lowest BCUT2D eigenvalue weighted by molar-refractivity contribution is -0.136. The number of benzene rings is 1. The first kappa shape index (κ1) is 11.2. The highest BCUT2D eigenvalue weighted by atomic mass is 16.4. The fourth-order valence-electron chi connectivity index (χ4n) is 1.47. The molecule has 0 amide bonds. The average Bonchev–Trinajstić information content (AvgIpc) is 2.20. The van der Waals surface area contributed by atoms with Crippen LogP contribution in [0.3, 0.4) is 0 Å². The second kappa shape index (κ2) is 4.58. The molecule has 0 atom stereocenters. The van der Waals surface area contributed by atoms with Crippen molar-refractivity contribution in [3.05, 3.63) is 34.4 Å². The van der Waals surface area contributed by atoms with Crippen LogP contribution in [0, 0.1) is 18.3 Å². The smallest absolute Gasteiger partial charge is 0.307 e. The maximum Gasteiger partial charge on any atom is 0.307 e. The Balaban J connectivity index is 3.24. The summed E-state index contributed by atoms with van der Waals surface area (Å²) in [6, 6.07) is 5.11. The van der Waals surface area contributed by atoms with Gasteiger partial charge < -0.3 is 10.2 Å². The largest absolute Gasteiger partial charge is 0.481 e. The molecule has 0 aliphatic rings. The summed E-state index contributed by atoms with van der Waals surface area (Å²) in [6.07, 6.45) is -0.0927. The molecule has 0 bridgehead atoms. The summed E-state index contributed by atoms with van der Waals surface area (Å²) < 4.78 is 0. The third-order valence-corrected chi connectivity index (χ3v) is 2.33. The van der Waals surface area contributed by atoms with E-state index in [9.17, 15) is 4.79 Å². The van der Waals surface area contributed by atoms with Crippen LogP contribution in [0.25, 0.3) is 0 Å². The second-order valence-corrected chi connectivity index (χ2v) is 3.22. The number of hydrogen-bond acceptors (Lipinski definition) is 3. The summed E-state index contributed by atoms with van der Waals surface area (Å²) >= 11 is 0. The molecule has 4 nitrogen and oxygen atoms in total. The maximum atomic E-state index is 10.5. The molecular weight excluding hydrogens is 194 g/mol. The first-order valence-electron chi connectivity index (χ1n) is 4.44. The van der Waals surface area contributed by atoms with Gasteiger partial charge in [0.15, 0.2) is 0 Å². The third kappa shape index (κ3) is 2.33. The number of carboxylic acid groups (broad SMARTS) is 1. The number of hydrogen-bond donors (Lipinski definition) is 2. The van der Waals surface area contributed by atoms with Crippen molar-refractivity contribution < 1.29 is 15.0 Å². The van der Waals surface area contributed by atoms with Crippen LogP contribution < -0.4 is 0 Å². The second-order valence-electron chi connectivity index (χ2n) is 3.22. The van der Waals surface area contributed by atoms with Crippen LogP contribution in [-0.4, -0.2) is 16.2 Å². The van der Waals surface area contributed by atoms with Crippen molar-refractivity contribution in [3.63, 3.8) is 0 Å². The lowest BCUT2D eigenvalue weighted by Crippen LogP contribution is -2.05. The Morgan fingerprint density at radius 1 is 1.53 bits per heavy atom. The Morgan fingerprint density at radius 2 is 2.20 bits per heavy atom. The van der Waals surface area contributed by atoms with E-state index < -0.39 is 5.97 Å². The quantitative estimate of drug-likeness (QED) is 0.770. The zero-order chi connectivity index (χ0) is 11.4. The van der Waals surface area contributed by atoms with E-state index in [0.29, 0.717) is 22.3 Å². The maximum absolute atomic E-state index is 10.5. The van der Waals surface area contributed by atoms with Gasteiger partial charge in [-0.1, -0.05) is 6.07 Å². The Morgan fingerprint density at radius 3 is 2.67 bits per heavy atom. The van der Waals surface area contributed by atoms with E-state index in [1.165, 1.54) is 6.07 Å². The predicted octanol–water partition coefficient (Wildman–Crippen LogP) is 0.986. The molecule has 0 saturated carbocycles. The van der Waals surface area contributed by atoms with Gasteiger partial charge in [0, 0.05) is 0 Å². The molecule has 0 aliphatic heterocycles. The summed E-state index contributed by atoms with van der Waals surface area (Å²) in [5.74, 6) is -0.924. The molecule has 0 aromatic heterocycles. The van der Waals surface area contributed by atoms with Gasteiger partial charge in [0.25, 0.3) is 0 Å². The minimum absolute atomic E-state index is 0.0927. The van der Waals surface area contributed by atoms with Crippen molar-refractivity contribution in [2.45, 2.75) is 20.0 Å². The summed E-state index contributed by atoms with van der Waals surface area (Å²) in [7, 11) is 0.